The van der Waals surface area contributed by atoms with Gasteiger partial charge in [-0.05, 0) is 25.7 Å². The van der Waals surface area contributed by atoms with E-state index in [0.29, 0.717) is 6.42 Å². The highest BCUT2D eigenvalue weighted by Crippen LogP contribution is 2.31. The Kier molecular flexibility index (Phi) is 4.20. The van der Waals surface area contributed by atoms with E-state index < -0.39 is 0 Å². The predicted octanol–water partition coefficient (Wildman–Crippen LogP) is 3.25. The summed E-state index contributed by atoms with van der Waals surface area (Å²) in [7, 11) is 1.67. The average molecular weight is 259 g/mol. The minimum Gasteiger partial charge on any atom is -0.496 e. The minimum atomic E-state index is 0.628. The number of hydrogen-bond acceptors (Lipinski definition) is 4. The summed E-state index contributed by atoms with van der Waals surface area (Å²) < 4.78 is 5.37. The first-order valence-corrected chi connectivity index (χ1v) is 6.85. The molecule has 1 heterocycles. The molecule has 0 bridgehead atoms. The first-order valence-electron chi connectivity index (χ1n) is 5.62. The van der Waals surface area contributed by atoms with Gasteiger partial charge in [-0.3, -0.25) is 0 Å². The zero-order valence-corrected chi connectivity index (χ0v) is 11.3. The van der Waals surface area contributed by atoms with Gasteiger partial charge in [-0.2, -0.15) is 0 Å². The van der Waals surface area contributed by atoms with Crippen LogP contribution in [0.5, 0.6) is 5.75 Å². The number of nitrogens with zero attached hydrogens (tertiary/aromatic N) is 2. The molecule has 2 rings (SSSR count). The van der Waals surface area contributed by atoms with Gasteiger partial charge in [0.25, 0.3) is 0 Å². The number of thioether (sulfide) groups is 1. The third-order valence-electron chi connectivity index (χ3n) is 2.66. The number of rotatable bonds is 4. The lowest BCUT2D eigenvalue weighted by atomic mass is 10.0. The van der Waals surface area contributed by atoms with Crippen molar-refractivity contribution in [3.05, 3.63) is 43.1 Å². The standard InChI is InChI=1S/C14H15N2OS/c1-4-12-11(9-15-14(16-12)18-3)10-7-5-6-8-13(10)17-2/h5-9H,1,4H2,2-3H3. The highest BCUT2D eigenvalue weighted by atomic mass is 32.2. The Labute approximate surface area is 112 Å². The van der Waals surface area contributed by atoms with E-state index in [1.165, 1.54) is 11.8 Å². The molecule has 0 unspecified atom stereocenters. The van der Waals surface area contributed by atoms with Crippen molar-refractivity contribution >= 4 is 11.8 Å². The Morgan fingerprint density at radius 3 is 2.72 bits per heavy atom. The van der Waals surface area contributed by atoms with Gasteiger partial charge in [-0.25, -0.2) is 9.97 Å². The topological polar surface area (TPSA) is 35.0 Å². The second-order valence-corrected chi connectivity index (χ2v) is 4.44. The Balaban J connectivity index is 2.56. The Bertz CT molecular complexity index is 543. The van der Waals surface area contributed by atoms with E-state index in [0.717, 1.165) is 27.7 Å². The van der Waals surface area contributed by atoms with Crippen molar-refractivity contribution < 1.29 is 4.74 Å². The second-order valence-electron chi connectivity index (χ2n) is 3.67. The smallest absolute Gasteiger partial charge is 0.187 e. The molecule has 1 aromatic carbocycles. The molecule has 0 aliphatic carbocycles. The summed E-state index contributed by atoms with van der Waals surface area (Å²) in [6.45, 7) is 3.93. The molecule has 0 fully saturated rings. The molecule has 0 N–H and O–H groups in total. The quantitative estimate of drug-likeness (QED) is 0.623. The monoisotopic (exact) mass is 259 g/mol. The maximum absolute atomic E-state index is 5.37. The Hall–Kier alpha value is -1.55. The largest absolute Gasteiger partial charge is 0.496 e. The fourth-order valence-corrected chi connectivity index (χ4v) is 2.14. The molecule has 1 radical (unpaired) electrons. The SMILES string of the molecule is [CH2]Cc1nc(SC)ncc1-c1ccccc1OC. The molecule has 1 aromatic heterocycles. The molecule has 0 saturated heterocycles. The van der Waals surface area contributed by atoms with Crippen LogP contribution in [0.1, 0.15) is 5.69 Å². The number of methoxy groups -OCH3 is 1. The third kappa shape index (κ3) is 2.48. The average Bonchev–Trinajstić information content (AvgIpc) is 2.46. The molecule has 0 amide bonds. The molecule has 18 heavy (non-hydrogen) atoms. The van der Waals surface area contributed by atoms with Crippen molar-refractivity contribution in [3.63, 3.8) is 0 Å². The van der Waals surface area contributed by atoms with E-state index in [-0.39, 0.29) is 0 Å². The summed E-state index contributed by atoms with van der Waals surface area (Å²) in [5.74, 6) is 0.827. The van der Waals surface area contributed by atoms with Gasteiger partial charge in [0.1, 0.15) is 5.75 Å². The third-order valence-corrected chi connectivity index (χ3v) is 3.22. The van der Waals surface area contributed by atoms with Crippen molar-refractivity contribution in [1.82, 2.24) is 9.97 Å². The Morgan fingerprint density at radius 1 is 1.28 bits per heavy atom. The van der Waals surface area contributed by atoms with Gasteiger partial charge >= 0.3 is 0 Å². The van der Waals surface area contributed by atoms with Crippen LogP contribution in [-0.4, -0.2) is 23.3 Å². The summed E-state index contributed by atoms with van der Waals surface area (Å²) in [5, 5.41) is 0.771. The van der Waals surface area contributed by atoms with Crippen LogP contribution in [0.25, 0.3) is 11.1 Å². The van der Waals surface area contributed by atoms with Crippen LogP contribution in [0, 0.1) is 6.92 Å². The highest BCUT2D eigenvalue weighted by molar-refractivity contribution is 7.98. The van der Waals surface area contributed by atoms with E-state index in [1.54, 1.807) is 7.11 Å². The number of ether oxygens (including phenoxy) is 1. The fraction of sp³-hybridized carbons (Fsp3) is 0.214. The van der Waals surface area contributed by atoms with Crippen molar-refractivity contribution in [2.75, 3.05) is 13.4 Å². The van der Waals surface area contributed by atoms with Gasteiger partial charge in [0, 0.05) is 17.3 Å². The number of para-hydroxylation sites is 1. The van der Waals surface area contributed by atoms with E-state index >= 15 is 0 Å². The molecule has 3 nitrogen and oxygen atoms in total. The van der Waals surface area contributed by atoms with Crippen molar-refractivity contribution in [1.29, 1.82) is 0 Å². The van der Waals surface area contributed by atoms with Crippen molar-refractivity contribution in [2.45, 2.75) is 11.6 Å². The van der Waals surface area contributed by atoms with Gasteiger partial charge < -0.3 is 4.74 Å². The van der Waals surface area contributed by atoms with Crippen LogP contribution in [-0.2, 0) is 6.42 Å². The van der Waals surface area contributed by atoms with Gasteiger partial charge in [-0.1, -0.05) is 30.0 Å². The molecule has 0 atom stereocenters. The van der Waals surface area contributed by atoms with Crippen molar-refractivity contribution in [2.24, 2.45) is 0 Å². The summed E-state index contributed by atoms with van der Waals surface area (Å²) in [6, 6.07) is 7.87. The summed E-state index contributed by atoms with van der Waals surface area (Å²) in [6.07, 6.45) is 4.44. The lowest BCUT2D eigenvalue weighted by Crippen LogP contribution is -1.98. The van der Waals surface area contributed by atoms with Crippen LogP contribution >= 0.6 is 11.8 Å². The van der Waals surface area contributed by atoms with Crippen LogP contribution in [0.2, 0.25) is 0 Å². The number of hydrogen-bond donors (Lipinski definition) is 0. The first kappa shape index (κ1) is 12.9. The summed E-state index contributed by atoms with van der Waals surface area (Å²) in [4.78, 5) is 8.82. The summed E-state index contributed by atoms with van der Waals surface area (Å²) >= 11 is 1.53. The fourth-order valence-electron chi connectivity index (χ4n) is 1.78. The zero-order chi connectivity index (χ0) is 13.0. The first-order chi connectivity index (χ1) is 8.80. The number of aromatic nitrogens is 2. The second kappa shape index (κ2) is 5.87. The molecular formula is C14H15N2OS. The molecular weight excluding hydrogens is 244 g/mol. The molecule has 0 spiro atoms. The molecule has 0 aliphatic heterocycles. The van der Waals surface area contributed by atoms with Gasteiger partial charge in [0.2, 0.25) is 0 Å². The maximum atomic E-state index is 5.37. The summed E-state index contributed by atoms with van der Waals surface area (Å²) in [5.41, 5.74) is 2.94. The van der Waals surface area contributed by atoms with E-state index in [1.807, 2.05) is 36.7 Å². The zero-order valence-electron chi connectivity index (χ0n) is 10.5. The lowest BCUT2D eigenvalue weighted by molar-refractivity contribution is 0.416. The lowest BCUT2D eigenvalue weighted by Gasteiger charge is -2.11. The van der Waals surface area contributed by atoms with Gasteiger partial charge in [0.05, 0.1) is 12.8 Å². The Morgan fingerprint density at radius 2 is 2.06 bits per heavy atom. The van der Waals surface area contributed by atoms with E-state index in [2.05, 4.69) is 16.9 Å². The predicted molar refractivity (Wildman–Crippen MR) is 74.9 cm³/mol. The normalized spacial score (nSPS) is 10.4. The number of benzene rings is 1. The van der Waals surface area contributed by atoms with E-state index in [4.69, 9.17) is 4.74 Å². The van der Waals surface area contributed by atoms with Gasteiger partial charge in [0.15, 0.2) is 5.16 Å². The van der Waals surface area contributed by atoms with Crippen LogP contribution < -0.4 is 4.74 Å². The van der Waals surface area contributed by atoms with Crippen molar-refractivity contribution in [3.8, 4) is 16.9 Å². The highest BCUT2D eigenvalue weighted by Gasteiger charge is 2.11. The molecule has 0 saturated carbocycles. The molecule has 93 valence electrons. The molecule has 0 aliphatic rings. The molecule has 4 heteroatoms. The minimum absolute atomic E-state index is 0.628. The van der Waals surface area contributed by atoms with Crippen LogP contribution in [0.3, 0.4) is 0 Å². The van der Waals surface area contributed by atoms with Crippen LogP contribution in [0.15, 0.2) is 35.6 Å². The van der Waals surface area contributed by atoms with Crippen LogP contribution in [0.4, 0.5) is 0 Å². The maximum Gasteiger partial charge on any atom is 0.187 e. The van der Waals surface area contributed by atoms with Gasteiger partial charge in [-0.15, -0.1) is 0 Å². The van der Waals surface area contributed by atoms with E-state index in [9.17, 15) is 0 Å². The molecule has 2 aromatic rings.